The Kier molecular flexibility index (Phi) is 2.12. The first-order chi connectivity index (χ1) is 7.80. The minimum absolute atomic E-state index is 0.0810. The number of rotatable bonds is 3. The highest BCUT2D eigenvalue weighted by atomic mass is 32.2. The molecule has 0 amide bonds. The van der Waals surface area contributed by atoms with E-state index in [2.05, 4.69) is 0 Å². The molecule has 6 heteroatoms. The maximum absolute atomic E-state index is 12.2. The standard InChI is InChI=1S/C11H17NO4S/c1-10(2)8-3-4-11(10,9(13)5-8)6-17(14,15)12-7-16-12/h8H,3-7H2,1-2H3/t8-,11+,12?/m1/s1. The molecule has 2 bridgehead atoms. The summed E-state index contributed by atoms with van der Waals surface area (Å²) in [6.45, 7) is 4.21. The van der Waals surface area contributed by atoms with Crippen LogP contribution in [0.4, 0.5) is 0 Å². The van der Waals surface area contributed by atoms with Crippen LogP contribution in [-0.4, -0.2) is 31.2 Å². The molecule has 0 radical (unpaired) electrons. The molecular formula is C11H17NO4S. The highest BCUT2D eigenvalue weighted by Gasteiger charge is 2.66. The van der Waals surface area contributed by atoms with Crippen molar-refractivity contribution in [3.63, 3.8) is 0 Å². The van der Waals surface area contributed by atoms with Crippen molar-refractivity contribution in [2.24, 2.45) is 16.7 Å². The lowest BCUT2D eigenvalue weighted by Crippen LogP contribution is -2.43. The molecule has 3 fully saturated rings. The van der Waals surface area contributed by atoms with Crippen molar-refractivity contribution in [3.05, 3.63) is 0 Å². The van der Waals surface area contributed by atoms with Crippen molar-refractivity contribution in [2.75, 3.05) is 12.5 Å². The van der Waals surface area contributed by atoms with Gasteiger partial charge in [-0.05, 0) is 24.2 Å². The van der Waals surface area contributed by atoms with E-state index in [-0.39, 0.29) is 23.7 Å². The van der Waals surface area contributed by atoms with Crippen LogP contribution in [-0.2, 0) is 19.7 Å². The first-order valence-electron chi connectivity index (χ1n) is 5.96. The van der Waals surface area contributed by atoms with E-state index in [1.807, 2.05) is 13.8 Å². The van der Waals surface area contributed by atoms with Crippen molar-refractivity contribution in [3.8, 4) is 0 Å². The molecule has 3 rings (SSSR count). The van der Waals surface area contributed by atoms with Crippen LogP contribution in [0.5, 0.6) is 0 Å². The Hall–Kier alpha value is -0.460. The molecule has 1 heterocycles. The van der Waals surface area contributed by atoms with Gasteiger partial charge in [0.15, 0.2) is 6.73 Å². The lowest BCUT2D eigenvalue weighted by atomic mass is 9.70. The monoisotopic (exact) mass is 259 g/mol. The molecule has 3 atom stereocenters. The van der Waals surface area contributed by atoms with Crippen LogP contribution in [0.3, 0.4) is 0 Å². The largest absolute Gasteiger partial charge is 0.299 e. The maximum atomic E-state index is 12.2. The van der Waals surface area contributed by atoms with E-state index in [1.165, 1.54) is 0 Å². The van der Waals surface area contributed by atoms with Crippen LogP contribution in [0.15, 0.2) is 0 Å². The third-order valence-corrected chi connectivity index (χ3v) is 6.80. The van der Waals surface area contributed by atoms with Crippen LogP contribution in [0.1, 0.15) is 33.1 Å². The second-order valence-corrected chi connectivity index (χ2v) is 7.84. The second kappa shape index (κ2) is 3.10. The van der Waals surface area contributed by atoms with E-state index in [0.29, 0.717) is 18.8 Å². The molecule has 0 aromatic rings. The third-order valence-electron chi connectivity index (χ3n) is 5.11. The average molecular weight is 259 g/mol. The van der Waals surface area contributed by atoms with E-state index >= 15 is 0 Å². The Morgan fingerprint density at radius 3 is 2.53 bits per heavy atom. The van der Waals surface area contributed by atoms with Crippen molar-refractivity contribution < 1.29 is 18.0 Å². The normalized spacial score (nSPS) is 43.1. The number of hydrogen-bond donors (Lipinski definition) is 0. The summed E-state index contributed by atoms with van der Waals surface area (Å²) in [4.78, 5) is 16.9. The number of ketones is 1. The van der Waals surface area contributed by atoms with Gasteiger partial charge in [-0.25, -0.2) is 8.42 Å². The van der Waals surface area contributed by atoms with Gasteiger partial charge in [0.05, 0.1) is 5.75 Å². The predicted octanol–water partition coefficient (Wildman–Crippen LogP) is 0.916. The molecule has 0 aromatic heterocycles. The van der Waals surface area contributed by atoms with E-state index < -0.39 is 15.4 Å². The first-order valence-corrected chi connectivity index (χ1v) is 7.57. The SMILES string of the molecule is CC1(C)[C@@H]2CC[C@]1(CS(=O)(=O)N1CO1)C(=O)C2. The Morgan fingerprint density at radius 1 is 1.47 bits per heavy atom. The smallest absolute Gasteiger partial charge is 0.239 e. The van der Waals surface area contributed by atoms with Crippen LogP contribution < -0.4 is 0 Å². The van der Waals surface area contributed by atoms with E-state index in [9.17, 15) is 13.2 Å². The van der Waals surface area contributed by atoms with Crippen molar-refractivity contribution in [1.82, 2.24) is 4.47 Å². The predicted molar refractivity (Wildman–Crippen MR) is 60.1 cm³/mol. The van der Waals surface area contributed by atoms with Gasteiger partial charge in [0, 0.05) is 11.8 Å². The second-order valence-electron chi connectivity index (χ2n) is 5.98. The van der Waals surface area contributed by atoms with Gasteiger partial charge in [0.25, 0.3) is 0 Å². The number of nitrogens with zero attached hydrogens (tertiary/aromatic N) is 1. The Labute approximate surface area is 101 Å². The molecule has 1 unspecified atom stereocenters. The van der Waals surface area contributed by atoms with Gasteiger partial charge in [-0.1, -0.05) is 18.3 Å². The number of hydroxylamine groups is 1. The summed E-state index contributed by atoms with van der Waals surface area (Å²) in [5, 5.41) is 0. The number of hydrogen-bond acceptors (Lipinski definition) is 4. The molecule has 1 aliphatic heterocycles. The molecule has 1 saturated heterocycles. The molecule has 2 aliphatic carbocycles. The molecule has 5 nitrogen and oxygen atoms in total. The van der Waals surface area contributed by atoms with Gasteiger partial charge >= 0.3 is 0 Å². The Morgan fingerprint density at radius 2 is 2.12 bits per heavy atom. The van der Waals surface area contributed by atoms with Crippen LogP contribution in [0.2, 0.25) is 0 Å². The summed E-state index contributed by atoms with van der Waals surface area (Å²) in [5.41, 5.74) is -0.879. The molecule has 0 N–H and O–H groups in total. The van der Waals surface area contributed by atoms with Gasteiger partial charge in [-0.3, -0.25) is 9.63 Å². The van der Waals surface area contributed by atoms with Crippen LogP contribution >= 0.6 is 0 Å². The van der Waals surface area contributed by atoms with Crippen molar-refractivity contribution in [2.45, 2.75) is 33.1 Å². The van der Waals surface area contributed by atoms with Gasteiger partial charge in [-0.2, -0.15) is 0 Å². The summed E-state index contributed by atoms with van der Waals surface area (Å²) in [6, 6.07) is 0. The topological polar surface area (TPSA) is 66.8 Å². The van der Waals surface area contributed by atoms with Gasteiger partial charge < -0.3 is 0 Å². The summed E-state index contributed by atoms with van der Waals surface area (Å²) in [6.07, 6.45) is 2.22. The summed E-state index contributed by atoms with van der Waals surface area (Å²) in [7, 11) is -3.43. The number of carbonyl (C=O) groups is 1. The average Bonchev–Trinajstić information content (AvgIpc) is 2.98. The lowest BCUT2D eigenvalue weighted by Gasteiger charge is -2.35. The minimum Gasteiger partial charge on any atom is -0.299 e. The van der Waals surface area contributed by atoms with E-state index in [1.54, 1.807) is 0 Å². The van der Waals surface area contributed by atoms with Gasteiger partial charge in [0.1, 0.15) is 5.78 Å². The third kappa shape index (κ3) is 1.37. The van der Waals surface area contributed by atoms with E-state index in [0.717, 1.165) is 10.9 Å². The molecule has 3 aliphatic rings. The van der Waals surface area contributed by atoms with Crippen LogP contribution in [0, 0.1) is 16.7 Å². The van der Waals surface area contributed by atoms with Gasteiger partial charge in [0.2, 0.25) is 10.0 Å². The summed E-state index contributed by atoms with van der Waals surface area (Å²) in [5.74, 6) is 0.395. The maximum Gasteiger partial charge on any atom is 0.239 e. The summed E-state index contributed by atoms with van der Waals surface area (Å²) < 4.78 is 25.0. The zero-order chi connectivity index (χ0) is 12.5. The zero-order valence-corrected chi connectivity index (χ0v) is 10.9. The highest BCUT2D eigenvalue weighted by Crippen LogP contribution is 2.64. The molecular weight excluding hydrogens is 242 g/mol. The molecule has 17 heavy (non-hydrogen) atoms. The number of Topliss-reactive ketones (excluding diaryl/α,β-unsaturated/α-hetero) is 1. The molecule has 96 valence electrons. The Bertz CT molecular complexity index is 480. The minimum atomic E-state index is -3.43. The van der Waals surface area contributed by atoms with Crippen molar-refractivity contribution >= 4 is 15.8 Å². The van der Waals surface area contributed by atoms with Gasteiger partial charge in [-0.15, -0.1) is 0 Å². The summed E-state index contributed by atoms with van der Waals surface area (Å²) >= 11 is 0. The number of sulfonamides is 1. The highest BCUT2D eigenvalue weighted by molar-refractivity contribution is 7.89. The molecule has 0 spiro atoms. The first kappa shape index (κ1) is 11.6. The Balaban J connectivity index is 1.97. The number of carbonyl (C=O) groups excluding carboxylic acids is 1. The fourth-order valence-electron chi connectivity index (χ4n) is 3.68. The molecule has 2 saturated carbocycles. The zero-order valence-electron chi connectivity index (χ0n) is 10.1. The number of fused-ring (bicyclic) bond motifs is 2. The lowest BCUT2D eigenvalue weighted by molar-refractivity contribution is -0.128. The van der Waals surface area contributed by atoms with Crippen molar-refractivity contribution in [1.29, 1.82) is 0 Å². The molecule has 0 aromatic carbocycles. The quantitative estimate of drug-likeness (QED) is 0.707. The van der Waals surface area contributed by atoms with E-state index in [4.69, 9.17) is 4.84 Å². The fourth-order valence-corrected chi connectivity index (χ4v) is 5.49. The fraction of sp³-hybridized carbons (Fsp3) is 0.909. The van der Waals surface area contributed by atoms with Crippen LogP contribution in [0.25, 0.3) is 0 Å².